The molecular weight excluding hydrogens is 542 g/mol. The van der Waals surface area contributed by atoms with Gasteiger partial charge in [-0.2, -0.15) is 5.10 Å². The molecule has 0 amide bonds. The van der Waals surface area contributed by atoms with E-state index in [1.54, 1.807) is 38.1 Å². The molecule has 3 aromatic rings. The summed E-state index contributed by atoms with van der Waals surface area (Å²) in [6, 6.07) is 1.48. The summed E-state index contributed by atoms with van der Waals surface area (Å²) in [4.78, 5) is 55.3. The molecule has 12 nitrogen and oxygen atoms in total. The van der Waals surface area contributed by atoms with Crippen molar-refractivity contribution >= 4 is 29.0 Å². The molecule has 1 spiro atoms. The second kappa shape index (κ2) is 8.59. The number of halogens is 1. The molecule has 0 unspecified atom stereocenters. The average Bonchev–Trinajstić information content (AvgIpc) is 3.51. The summed E-state index contributed by atoms with van der Waals surface area (Å²) >= 11 is 6.57. The van der Waals surface area contributed by atoms with Crippen LogP contribution in [-0.2, 0) is 25.9 Å². The number of hydrogen-bond acceptors (Lipinski definition) is 9. The second-order valence-corrected chi connectivity index (χ2v) is 10.6. The van der Waals surface area contributed by atoms with Gasteiger partial charge in [0.25, 0.3) is 5.56 Å². The number of carbonyl (C=O) groups excluding carboxylic acids is 2. The van der Waals surface area contributed by atoms with E-state index in [9.17, 15) is 19.2 Å². The van der Waals surface area contributed by atoms with Crippen molar-refractivity contribution in [3.8, 4) is 17.2 Å². The minimum atomic E-state index is -1.96. The number of ether oxygens (including phenoxy) is 3. The predicted molar refractivity (Wildman–Crippen MR) is 144 cm³/mol. The summed E-state index contributed by atoms with van der Waals surface area (Å²) in [5, 5.41) is 7.49. The molecule has 1 N–H and O–H groups in total. The monoisotopic (exact) mass is 567 g/mol. The molecule has 40 heavy (non-hydrogen) atoms. The lowest BCUT2D eigenvalue weighted by Gasteiger charge is -2.42. The Morgan fingerprint density at radius 2 is 1.77 bits per heavy atom. The Morgan fingerprint density at radius 1 is 1.07 bits per heavy atom. The molecule has 0 saturated carbocycles. The lowest BCUT2D eigenvalue weighted by molar-refractivity contribution is -0.130. The van der Waals surface area contributed by atoms with Gasteiger partial charge in [0.1, 0.15) is 27.9 Å². The predicted octanol–water partition coefficient (Wildman–Crippen LogP) is 1.92. The Labute approximate surface area is 232 Å². The van der Waals surface area contributed by atoms with Crippen molar-refractivity contribution in [2.24, 2.45) is 27.1 Å². The summed E-state index contributed by atoms with van der Waals surface area (Å²) in [5.74, 6) is -2.09. The smallest absolute Gasteiger partial charge is 0.332 e. The van der Waals surface area contributed by atoms with E-state index in [0.717, 1.165) is 4.57 Å². The lowest BCUT2D eigenvalue weighted by Crippen LogP contribution is -2.58. The van der Waals surface area contributed by atoms with E-state index in [2.05, 4.69) is 10.4 Å². The summed E-state index contributed by atoms with van der Waals surface area (Å²) in [5.41, 5.74) is -1.57. The van der Waals surface area contributed by atoms with Gasteiger partial charge in [0.05, 0.1) is 31.9 Å². The van der Waals surface area contributed by atoms with Crippen LogP contribution in [0.2, 0.25) is 5.02 Å². The number of Topliss-reactive ketones (excluding diaryl/α,β-unsaturated/α-hetero) is 2. The van der Waals surface area contributed by atoms with Crippen LogP contribution in [0.15, 0.2) is 39.3 Å². The number of anilines is 1. The fourth-order valence-electron chi connectivity index (χ4n) is 6.11. The highest BCUT2D eigenvalue weighted by atomic mass is 35.5. The molecule has 1 aromatic carbocycles. The number of nitrogens with one attached hydrogen (secondary N) is 1. The Bertz CT molecular complexity index is 1820. The molecular formula is C27H26ClN5O7. The van der Waals surface area contributed by atoms with Gasteiger partial charge in [0.2, 0.25) is 17.2 Å². The average molecular weight is 568 g/mol. The number of ketones is 2. The lowest BCUT2D eigenvalue weighted by atomic mass is 9.66. The molecule has 1 aliphatic carbocycles. The zero-order chi connectivity index (χ0) is 28.8. The fraction of sp³-hybridized carbons (Fsp3) is 0.370. The number of allylic oxidation sites excluding steroid dienone is 1. The normalized spacial score (nSPS) is 23.0. The third kappa shape index (κ3) is 3.10. The Balaban J connectivity index is 1.61. The maximum atomic E-state index is 14.7. The minimum Gasteiger partial charge on any atom is -0.496 e. The number of benzene rings is 1. The number of methoxy groups -OCH3 is 2. The third-order valence-electron chi connectivity index (χ3n) is 8.13. The zero-order valence-electron chi connectivity index (χ0n) is 22.6. The Hall–Kier alpha value is -4.32. The number of aryl methyl sites for hydroxylation is 1. The van der Waals surface area contributed by atoms with Crippen LogP contribution in [-0.4, -0.2) is 50.3 Å². The summed E-state index contributed by atoms with van der Waals surface area (Å²) < 4.78 is 21.0. The van der Waals surface area contributed by atoms with Crippen molar-refractivity contribution in [2.75, 3.05) is 19.5 Å². The quantitative estimate of drug-likeness (QED) is 0.471. The first-order chi connectivity index (χ1) is 19.0. The number of nitrogens with zero attached hydrogens (tertiary/aromatic N) is 4. The number of hydrogen-bond donors (Lipinski definition) is 1. The fourth-order valence-corrected chi connectivity index (χ4v) is 6.38. The van der Waals surface area contributed by atoms with E-state index in [1.165, 1.54) is 31.9 Å². The minimum absolute atomic E-state index is 0.00697. The van der Waals surface area contributed by atoms with Gasteiger partial charge in [-0.3, -0.25) is 28.2 Å². The van der Waals surface area contributed by atoms with Crippen molar-refractivity contribution in [1.29, 1.82) is 0 Å². The SMILES string of the molecule is COc1cc(OC)c2c(c1Cl)O[C@@]1(C(=O)C3=C(C[C@H]1C)Nc1c(c(=O)n(C)c(=O)n1C)[C@H]3c1cnn(C)c1)C2=O. The maximum absolute atomic E-state index is 14.7. The molecule has 3 aliphatic rings. The van der Waals surface area contributed by atoms with Crippen LogP contribution in [0, 0.1) is 5.92 Å². The van der Waals surface area contributed by atoms with Crippen LogP contribution in [0.3, 0.4) is 0 Å². The topological polar surface area (TPSA) is 136 Å². The molecule has 13 heteroatoms. The summed E-state index contributed by atoms with van der Waals surface area (Å²) in [6.45, 7) is 1.74. The first kappa shape index (κ1) is 25.9. The number of aromatic nitrogens is 4. The summed E-state index contributed by atoms with van der Waals surface area (Å²) in [6.07, 6.45) is 3.46. The molecule has 208 valence electrons. The largest absolute Gasteiger partial charge is 0.496 e. The molecule has 6 rings (SSSR count). The first-order valence-corrected chi connectivity index (χ1v) is 12.9. The third-order valence-corrected chi connectivity index (χ3v) is 8.49. The van der Waals surface area contributed by atoms with Crippen molar-refractivity contribution < 1.29 is 23.8 Å². The molecule has 4 heterocycles. The van der Waals surface area contributed by atoms with Gasteiger partial charge in [-0.15, -0.1) is 0 Å². The first-order valence-electron chi connectivity index (χ1n) is 12.5. The van der Waals surface area contributed by atoms with Gasteiger partial charge in [-0.1, -0.05) is 18.5 Å². The van der Waals surface area contributed by atoms with E-state index in [1.807, 2.05) is 0 Å². The number of rotatable bonds is 3. The molecule has 0 bridgehead atoms. The van der Waals surface area contributed by atoms with Crippen LogP contribution in [0.4, 0.5) is 5.82 Å². The van der Waals surface area contributed by atoms with Crippen LogP contribution < -0.4 is 30.8 Å². The Morgan fingerprint density at radius 3 is 2.40 bits per heavy atom. The highest BCUT2D eigenvalue weighted by Crippen LogP contribution is 2.56. The van der Waals surface area contributed by atoms with Gasteiger partial charge in [0.15, 0.2) is 5.75 Å². The van der Waals surface area contributed by atoms with E-state index >= 15 is 0 Å². The highest BCUT2D eigenvalue weighted by Gasteiger charge is 2.63. The number of carbonyl (C=O) groups is 2. The van der Waals surface area contributed by atoms with Gasteiger partial charge in [-0.25, -0.2) is 4.79 Å². The van der Waals surface area contributed by atoms with E-state index in [0.29, 0.717) is 11.3 Å². The standard InChI is InChI=1S/C27H26ClN5O7/c1-11-7-13-17(22(34)27(11)23(35)18-14(38-5)8-15(39-6)20(28)21(18)40-27)16(12-9-29-31(2)10-12)19-24(30-13)32(3)26(37)33(4)25(19)36/h8-11,16,30H,7H2,1-6H3/t11-,16+,27+/m1/s1. The molecule has 3 atom stereocenters. The second-order valence-electron chi connectivity index (χ2n) is 10.3. The van der Waals surface area contributed by atoms with E-state index < -0.39 is 40.3 Å². The zero-order valence-corrected chi connectivity index (χ0v) is 23.4. The molecule has 0 saturated heterocycles. The van der Waals surface area contributed by atoms with Crippen molar-refractivity contribution in [3.63, 3.8) is 0 Å². The Kier molecular flexibility index (Phi) is 5.57. The van der Waals surface area contributed by atoms with Gasteiger partial charge in [0, 0.05) is 56.2 Å². The van der Waals surface area contributed by atoms with Crippen LogP contribution in [0.1, 0.15) is 40.7 Å². The van der Waals surface area contributed by atoms with Gasteiger partial charge < -0.3 is 19.5 Å². The highest BCUT2D eigenvalue weighted by molar-refractivity contribution is 6.36. The van der Waals surface area contributed by atoms with E-state index in [4.69, 9.17) is 25.8 Å². The van der Waals surface area contributed by atoms with Gasteiger partial charge >= 0.3 is 5.69 Å². The van der Waals surface area contributed by atoms with Gasteiger partial charge in [-0.05, 0) is 6.42 Å². The van der Waals surface area contributed by atoms with Crippen LogP contribution in [0.25, 0.3) is 0 Å². The van der Waals surface area contributed by atoms with Crippen LogP contribution >= 0.6 is 11.6 Å². The molecule has 0 radical (unpaired) electrons. The van der Waals surface area contributed by atoms with E-state index in [-0.39, 0.29) is 51.2 Å². The summed E-state index contributed by atoms with van der Waals surface area (Å²) in [7, 11) is 7.46. The maximum Gasteiger partial charge on any atom is 0.332 e. The van der Waals surface area contributed by atoms with Crippen molar-refractivity contribution in [2.45, 2.75) is 24.9 Å². The molecule has 2 aliphatic heterocycles. The molecule has 2 aromatic heterocycles. The van der Waals surface area contributed by atoms with Crippen molar-refractivity contribution in [3.05, 3.63) is 72.3 Å². The number of fused-ring (bicyclic) bond motifs is 2. The van der Waals surface area contributed by atoms with Crippen molar-refractivity contribution in [1.82, 2.24) is 18.9 Å². The molecule has 0 fully saturated rings. The van der Waals surface area contributed by atoms with Crippen LogP contribution in [0.5, 0.6) is 17.2 Å².